The van der Waals surface area contributed by atoms with Crippen molar-refractivity contribution in [1.82, 2.24) is 0 Å². The van der Waals surface area contributed by atoms with Gasteiger partial charge in [-0.1, -0.05) is 12.1 Å². The van der Waals surface area contributed by atoms with Gasteiger partial charge in [0.1, 0.15) is 18.1 Å². The molecular formula is C14H17NO3. The molecule has 0 fully saturated rings. The van der Waals surface area contributed by atoms with Crippen LogP contribution in [-0.2, 0) is 24.5 Å². The maximum atomic E-state index is 5.65. The summed E-state index contributed by atoms with van der Waals surface area (Å²) in [5, 5.41) is 0. The fraction of sp³-hybridized carbons (Fsp3) is 0.286. The van der Waals surface area contributed by atoms with E-state index in [2.05, 4.69) is 0 Å². The largest absolute Gasteiger partial charge is 0.486 e. The van der Waals surface area contributed by atoms with Crippen LogP contribution >= 0.6 is 0 Å². The molecule has 0 saturated heterocycles. The van der Waals surface area contributed by atoms with E-state index < -0.39 is 0 Å². The van der Waals surface area contributed by atoms with Crippen molar-refractivity contribution in [2.75, 3.05) is 7.11 Å². The summed E-state index contributed by atoms with van der Waals surface area (Å²) >= 11 is 0. The van der Waals surface area contributed by atoms with Gasteiger partial charge in [-0.15, -0.1) is 0 Å². The first-order chi connectivity index (χ1) is 8.81. The first-order valence-corrected chi connectivity index (χ1v) is 5.79. The molecule has 0 aliphatic rings. The van der Waals surface area contributed by atoms with Crippen LogP contribution in [0.2, 0.25) is 0 Å². The Hall–Kier alpha value is -1.78. The molecule has 2 N–H and O–H groups in total. The van der Waals surface area contributed by atoms with Crippen LogP contribution in [0.15, 0.2) is 41.0 Å². The van der Waals surface area contributed by atoms with Crippen LogP contribution in [0.4, 0.5) is 0 Å². The van der Waals surface area contributed by atoms with Crippen LogP contribution < -0.4 is 10.5 Å². The van der Waals surface area contributed by atoms with Crippen molar-refractivity contribution in [3.8, 4) is 5.75 Å². The second kappa shape index (κ2) is 6.23. The van der Waals surface area contributed by atoms with Gasteiger partial charge in [-0.25, -0.2) is 0 Å². The zero-order valence-electron chi connectivity index (χ0n) is 10.4. The summed E-state index contributed by atoms with van der Waals surface area (Å²) in [6, 6.07) is 9.70. The monoisotopic (exact) mass is 247 g/mol. The SMILES string of the molecule is COCc1cccc(OCc2cc(CN)co2)c1. The molecule has 0 amide bonds. The number of hydrogen-bond donors (Lipinski definition) is 1. The van der Waals surface area contributed by atoms with E-state index in [1.807, 2.05) is 30.3 Å². The van der Waals surface area contributed by atoms with Crippen molar-refractivity contribution in [2.24, 2.45) is 5.73 Å². The number of ether oxygens (including phenoxy) is 2. The zero-order chi connectivity index (χ0) is 12.8. The Morgan fingerprint density at radius 2 is 2.06 bits per heavy atom. The average Bonchev–Trinajstić information content (AvgIpc) is 2.85. The lowest BCUT2D eigenvalue weighted by molar-refractivity contribution is 0.184. The predicted molar refractivity (Wildman–Crippen MR) is 68.1 cm³/mol. The molecule has 1 aromatic heterocycles. The van der Waals surface area contributed by atoms with Gasteiger partial charge >= 0.3 is 0 Å². The molecule has 96 valence electrons. The molecule has 0 saturated carbocycles. The van der Waals surface area contributed by atoms with Crippen LogP contribution in [0.3, 0.4) is 0 Å². The molecule has 2 aromatic rings. The highest BCUT2D eigenvalue weighted by molar-refractivity contribution is 5.28. The van der Waals surface area contributed by atoms with Crippen LogP contribution in [0, 0.1) is 0 Å². The number of rotatable bonds is 6. The van der Waals surface area contributed by atoms with Crippen LogP contribution in [0.25, 0.3) is 0 Å². The normalized spacial score (nSPS) is 10.6. The van der Waals surface area contributed by atoms with E-state index in [1.54, 1.807) is 13.4 Å². The van der Waals surface area contributed by atoms with E-state index >= 15 is 0 Å². The zero-order valence-corrected chi connectivity index (χ0v) is 10.4. The predicted octanol–water partition coefficient (Wildman–Crippen LogP) is 2.46. The molecule has 4 heteroatoms. The highest BCUT2D eigenvalue weighted by Gasteiger charge is 2.02. The standard InChI is InChI=1S/C14H17NO3/c1-16-8-11-3-2-4-13(5-11)18-10-14-6-12(7-15)9-17-14/h2-6,9H,7-8,10,15H2,1H3. The topological polar surface area (TPSA) is 57.6 Å². The third-order valence-electron chi connectivity index (χ3n) is 2.53. The molecule has 0 unspecified atom stereocenters. The molecule has 0 bridgehead atoms. The molecule has 0 aliphatic carbocycles. The van der Waals surface area contributed by atoms with Crippen molar-refractivity contribution < 1.29 is 13.9 Å². The molecule has 1 aromatic carbocycles. The van der Waals surface area contributed by atoms with Crippen LogP contribution in [0.5, 0.6) is 5.75 Å². The third-order valence-corrected chi connectivity index (χ3v) is 2.53. The van der Waals surface area contributed by atoms with Crippen molar-refractivity contribution >= 4 is 0 Å². The van der Waals surface area contributed by atoms with E-state index in [0.717, 1.165) is 22.6 Å². The van der Waals surface area contributed by atoms with Gasteiger partial charge < -0.3 is 19.6 Å². The summed E-state index contributed by atoms with van der Waals surface area (Å²) in [5.41, 5.74) is 7.56. The lowest BCUT2D eigenvalue weighted by atomic mass is 10.2. The minimum absolute atomic E-state index is 0.399. The molecule has 0 atom stereocenters. The maximum Gasteiger partial charge on any atom is 0.146 e. The van der Waals surface area contributed by atoms with Crippen molar-refractivity contribution in [3.63, 3.8) is 0 Å². The van der Waals surface area contributed by atoms with E-state index in [9.17, 15) is 0 Å². The second-order valence-electron chi connectivity index (χ2n) is 3.99. The summed E-state index contributed by atoms with van der Waals surface area (Å²) in [6.45, 7) is 1.46. The fourth-order valence-corrected chi connectivity index (χ4v) is 1.66. The van der Waals surface area contributed by atoms with Crippen molar-refractivity contribution in [1.29, 1.82) is 0 Å². The first-order valence-electron chi connectivity index (χ1n) is 5.79. The summed E-state index contributed by atoms with van der Waals surface area (Å²) < 4.78 is 16.0. The average molecular weight is 247 g/mol. The molecular weight excluding hydrogens is 230 g/mol. The molecule has 0 radical (unpaired) electrons. The summed E-state index contributed by atoms with van der Waals surface area (Å²) in [5.74, 6) is 1.57. The Morgan fingerprint density at radius 3 is 2.78 bits per heavy atom. The van der Waals surface area contributed by atoms with Gasteiger partial charge in [-0.05, 0) is 23.8 Å². The van der Waals surface area contributed by atoms with E-state index in [0.29, 0.717) is 19.8 Å². The second-order valence-corrected chi connectivity index (χ2v) is 3.99. The summed E-state index contributed by atoms with van der Waals surface area (Å²) in [7, 11) is 1.67. The van der Waals surface area contributed by atoms with Gasteiger partial charge in [-0.2, -0.15) is 0 Å². The molecule has 0 spiro atoms. The quantitative estimate of drug-likeness (QED) is 0.852. The highest BCUT2D eigenvalue weighted by atomic mass is 16.5. The van der Waals surface area contributed by atoms with Crippen molar-refractivity contribution in [2.45, 2.75) is 19.8 Å². The Labute approximate surface area is 106 Å². The minimum Gasteiger partial charge on any atom is -0.486 e. The number of methoxy groups -OCH3 is 1. The molecule has 1 heterocycles. The van der Waals surface area contributed by atoms with Crippen molar-refractivity contribution in [3.05, 3.63) is 53.5 Å². The number of benzene rings is 1. The van der Waals surface area contributed by atoms with Gasteiger partial charge in [0, 0.05) is 19.2 Å². The summed E-state index contributed by atoms with van der Waals surface area (Å²) in [6.07, 6.45) is 1.65. The third kappa shape index (κ3) is 3.35. The molecule has 0 aliphatic heterocycles. The first kappa shape index (κ1) is 12.7. The van der Waals surface area contributed by atoms with Crippen LogP contribution in [0.1, 0.15) is 16.9 Å². The smallest absolute Gasteiger partial charge is 0.146 e. The number of hydrogen-bond acceptors (Lipinski definition) is 4. The van der Waals surface area contributed by atoms with Crippen LogP contribution in [-0.4, -0.2) is 7.11 Å². The van der Waals surface area contributed by atoms with Gasteiger partial charge in [0.05, 0.1) is 12.9 Å². The fourth-order valence-electron chi connectivity index (χ4n) is 1.66. The highest BCUT2D eigenvalue weighted by Crippen LogP contribution is 2.16. The van der Waals surface area contributed by atoms with Gasteiger partial charge in [0.2, 0.25) is 0 Å². The molecule has 4 nitrogen and oxygen atoms in total. The Kier molecular flexibility index (Phi) is 4.39. The Balaban J connectivity index is 1.94. The molecule has 18 heavy (non-hydrogen) atoms. The van der Waals surface area contributed by atoms with E-state index in [-0.39, 0.29) is 0 Å². The lowest BCUT2D eigenvalue weighted by Gasteiger charge is -2.06. The van der Waals surface area contributed by atoms with Gasteiger partial charge in [-0.3, -0.25) is 0 Å². The Morgan fingerprint density at radius 1 is 1.17 bits per heavy atom. The number of furan rings is 1. The van der Waals surface area contributed by atoms with E-state index in [4.69, 9.17) is 19.6 Å². The Bertz CT molecular complexity index is 493. The molecule has 2 rings (SSSR count). The van der Waals surface area contributed by atoms with Gasteiger partial charge in [0.15, 0.2) is 0 Å². The van der Waals surface area contributed by atoms with Gasteiger partial charge in [0.25, 0.3) is 0 Å². The minimum atomic E-state index is 0.399. The summed E-state index contributed by atoms with van der Waals surface area (Å²) in [4.78, 5) is 0. The number of nitrogens with two attached hydrogens (primary N) is 1. The maximum absolute atomic E-state index is 5.65. The lowest BCUT2D eigenvalue weighted by Crippen LogP contribution is -1.96. The van der Waals surface area contributed by atoms with E-state index in [1.165, 1.54) is 0 Å².